The van der Waals surface area contributed by atoms with E-state index < -0.39 is 0 Å². The molecule has 0 bridgehead atoms. The summed E-state index contributed by atoms with van der Waals surface area (Å²) in [5.41, 5.74) is 2.25. The molecule has 16 heavy (non-hydrogen) atoms. The van der Waals surface area contributed by atoms with Gasteiger partial charge in [-0.25, -0.2) is 9.97 Å². The molecule has 0 saturated carbocycles. The second-order valence-electron chi connectivity index (χ2n) is 3.53. The third-order valence-electron chi connectivity index (χ3n) is 2.18. The van der Waals surface area contributed by atoms with Crippen molar-refractivity contribution in [2.75, 3.05) is 5.32 Å². The molecule has 0 unspecified atom stereocenters. The Labute approximate surface area is 103 Å². The van der Waals surface area contributed by atoms with Gasteiger partial charge in [0.05, 0.1) is 0 Å². The maximum Gasteiger partial charge on any atom is 0.222 e. The Kier molecular flexibility index (Phi) is 3.51. The van der Waals surface area contributed by atoms with Crippen molar-refractivity contribution < 1.29 is 0 Å². The lowest BCUT2D eigenvalue weighted by molar-refractivity contribution is 1.04. The summed E-state index contributed by atoms with van der Waals surface area (Å²) in [7, 11) is 0. The van der Waals surface area contributed by atoms with Crippen LogP contribution in [0.3, 0.4) is 0 Å². The van der Waals surface area contributed by atoms with Gasteiger partial charge in [0.1, 0.15) is 0 Å². The molecule has 1 heterocycles. The molecule has 1 aromatic carbocycles. The minimum Gasteiger partial charge on any atom is -0.350 e. The highest BCUT2D eigenvalue weighted by Crippen LogP contribution is 2.16. The van der Waals surface area contributed by atoms with Gasteiger partial charge in [-0.05, 0) is 24.1 Å². The summed E-state index contributed by atoms with van der Waals surface area (Å²) in [6.45, 7) is 2.68. The van der Waals surface area contributed by atoms with Crippen molar-refractivity contribution >= 4 is 21.9 Å². The number of nitrogens with one attached hydrogen (secondary N) is 1. The standard InChI is InChI=1S/C12H12BrN3/c1-9-6-14-12(15-7-9)16-8-10-4-2-3-5-11(10)13/h2-7H,8H2,1H3,(H,14,15,16). The van der Waals surface area contributed by atoms with E-state index in [4.69, 9.17) is 0 Å². The first-order valence-electron chi connectivity index (χ1n) is 5.01. The van der Waals surface area contributed by atoms with Gasteiger partial charge in [-0.3, -0.25) is 0 Å². The van der Waals surface area contributed by atoms with E-state index in [0.717, 1.165) is 10.0 Å². The summed E-state index contributed by atoms with van der Waals surface area (Å²) >= 11 is 3.50. The molecule has 0 fully saturated rings. The Morgan fingerprint density at radius 1 is 1.19 bits per heavy atom. The van der Waals surface area contributed by atoms with E-state index in [1.165, 1.54) is 5.56 Å². The predicted octanol–water partition coefficient (Wildman–Crippen LogP) is 3.16. The third kappa shape index (κ3) is 2.79. The number of halogens is 1. The highest BCUT2D eigenvalue weighted by molar-refractivity contribution is 9.10. The topological polar surface area (TPSA) is 37.8 Å². The first-order chi connectivity index (χ1) is 7.75. The lowest BCUT2D eigenvalue weighted by Gasteiger charge is -2.06. The van der Waals surface area contributed by atoms with Gasteiger partial charge in [0.2, 0.25) is 5.95 Å². The lowest BCUT2D eigenvalue weighted by atomic mass is 10.2. The summed E-state index contributed by atoms with van der Waals surface area (Å²) in [4.78, 5) is 8.37. The van der Waals surface area contributed by atoms with Crippen molar-refractivity contribution in [3.63, 3.8) is 0 Å². The number of anilines is 1. The maximum atomic E-state index is 4.19. The van der Waals surface area contributed by atoms with Gasteiger partial charge in [-0.2, -0.15) is 0 Å². The molecule has 0 aliphatic carbocycles. The van der Waals surface area contributed by atoms with Crippen LogP contribution in [0.4, 0.5) is 5.95 Å². The molecule has 0 spiro atoms. The van der Waals surface area contributed by atoms with Crippen molar-refractivity contribution in [1.82, 2.24) is 9.97 Å². The zero-order chi connectivity index (χ0) is 11.4. The Morgan fingerprint density at radius 2 is 1.88 bits per heavy atom. The second-order valence-corrected chi connectivity index (χ2v) is 4.38. The number of aromatic nitrogens is 2. The summed E-state index contributed by atoms with van der Waals surface area (Å²) in [6.07, 6.45) is 3.60. The van der Waals surface area contributed by atoms with Crippen LogP contribution in [0.1, 0.15) is 11.1 Å². The van der Waals surface area contributed by atoms with E-state index in [9.17, 15) is 0 Å². The molecule has 3 nitrogen and oxygen atoms in total. The molecule has 82 valence electrons. The predicted molar refractivity (Wildman–Crippen MR) is 68.2 cm³/mol. The van der Waals surface area contributed by atoms with Gasteiger partial charge < -0.3 is 5.32 Å². The largest absolute Gasteiger partial charge is 0.350 e. The van der Waals surface area contributed by atoms with Crippen molar-refractivity contribution in [3.8, 4) is 0 Å². The number of nitrogens with zero attached hydrogens (tertiary/aromatic N) is 2. The lowest BCUT2D eigenvalue weighted by Crippen LogP contribution is -2.03. The van der Waals surface area contributed by atoms with Crippen molar-refractivity contribution in [3.05, 3.63) is 52.3 Å². The molecule has 0 aliphatic rings. The van der Waals surface area contributed by atoms with E-state index in [1.807, 2.05) is 25.1 Å². The molecule has 1 aromatic heterocycles. The number of rotatable bonds is 3. The van der Waals surface area contributed by atoms with Gasteiger partial charge in [0.25, 0.3) is 0 Å². The van der Waals surface area contributed by atoms with E-state index >= 15 is 0 Å². The monoisotopic (exact) mass is 277 g/mol. The van der Waals surface area contributed by atoms with Crippen LogP contribution in [-0.2, 0) is 6.54 Å². The molecule has 0 saturated heterocycles. The molecule has 0 radical (unpaired) electrons. The van der Waals surface area contributed by atoms with E-state index in [0.29, 0.717) is 12.5 Å². The molecule has 2 aromatic rings. The zero-order valence-electron chi connectivity index (χ0n) is 8.94. The van der Waals surface area contributed by atoms with Gasteiger partial charge in [-0.1, -0.05) is 34.1 Å². The second kappa shape index (κ2) is 5.07. The SMILES string of the molecule is Cc1cnc(NCc2ccccc2Br)nc1. The van der Waals surface area contributed by atoms with Crippen LogP contribution in [-0.4, -0.2) is 9.97 Å². The number of aryl methyl sites for hydroxylation is 1. The van der Waals surface area contributed by atoms with Crippen molar-refractivity contribution in [1.29, 1.82) is 0 Å². The highest BCUT2D eigenvalue weighted by atomic mass is 79.9. The Bertz CT molecular complexity index is 468. The third-order valence-corrected chi connectivity index (χ3v) is 2.95. The van der Waals surface area contributed by atoms with E-state index in [1.54, 1.807) is 12.4 Å². The van der Waals surface area contributed by atoms with Gasteiger partial charge in [-0.15, -0.1) is 0 Å². The van der Waals surface area contributed by atoms with Gasteiger partial charge in [0.15, 0.2) is 0 Å². The molecular formula is C12H12BrN3. The quantitative estimate of drug-likeness (QED) is 0.937. The minimum atomic E-state index is 0.654. The summed E-state index contributed by atoms with van der Waals surface area (Å²) in [6, 6.07) is 8.09. The van der Waals surface area contributed by atoms with E-state index in [-0.39, 0.29) is 0 Å². The average Bonchev–Trinajstić information content (AvgIpc) is 2.30. The number of hydrogen-bond acceptors (Lipinski definition) is 3. The first kappa shape index (κ1) is 11.1. The fourth-order valence-corrected chi connectivity index (χ4v) is 1.72. The Hall–Kier alpha value is -1.42. The molecular weight excluding hydrogens is 266 g/mol. The van der Waals surface area contributed by atoms with Gasteiger partial charge >= 0.3 is 0 Å². The molecule has 0 amide bonds. The molecule has 2 rings (SSSR count). The van der Waals surface area contributed by atoms with Crippen LogP contribution < -0.4 is 5.32 Å². The molecule has 1 N–H and O–H groups in total. The maximum absolute atomic E-state index is 4.19. The Balaban J connectivity index is 2.02. The summed E-state index contributed by atoms with van der Waals surface area (Å²) in [5.74, 6) is 0.654. The normalized spacial score (nSPS) is 10.1. The zero-order valence-corrected chi connectivity index (χ0v) is 10.5. The van der Waals surface area contributed by atoms with Crippen molar-refractivity contribution in [2.24, 2.45) is 0 Å². The van der Waals surface area contributed by atoms with Crippen LogP contribution in [0, 0.1) is 6.92 Å². The Morgan fingerprint density at radius 3 is 2.56 bits per heavy atom. The number of hydrogen-bond donors (Lipinski definition) is 1. The molecule has 0 atom stereocenters. The molecule has 4 heteroatoms. The fourth-order valence-electron chi connectivity index (χ4n) is 1.30. The average molecular weight is 278 g/mol. The smallest absolute Gasteiger partial charge is 0.222 e. The minimum absolute atomic E-state index is 0.654. The molecule has 0 aliphatic heterocycles. The van der Waals surface area contributed by atoms with E-state index in [2.05, 4.69) is 37.3 Å². The van der Waals surface area contributed by atoms with Crippen LogP contribution in [0.2, 0.25) is 0 Å². The van der Waals surface area contributed by atoms with Crippen LogP contribution in [0.25, 0.3) is 0 Å². The van der Waals surface area contributed by atoms with Crippen LogP contribution in [0.15, 0.2) is 41.1 Å². The van der Waals surface area contributed by atoms with Crippen LogP contribution in [0.5, 0.6) is 0 Å². The number of benzene rings is 1. The van der Waals surface area contributed by atoms with Gasteiger partial charge in [0, 0.05) is 23.4 Å². The highest BCUT2D eigenvalue weighted by Gasteiger charge is 1.99. The first-order valence-corrected chi connectivity index (χ1v) is 5.81. The van der Waals surface area contributed by atoms with Crippen molar-refractivity contribution in [2.45, 2.75) is 13.5 Å². The fraction of sp³-hybridized carbons (Fsp3) is 0.167. The summed E-state index contributed by atoms with van der Waals surface area (Å²) in [5, 5.41) is 3.18. The summed E-state index contributed by atoms with van der Waals surface area (Å²) < 4.78 is 1.09. The van der Waals surface area contributed by atoms with Crippen LogP contribution >= 0.6 is 15.9 Å².